The van der Waals surface area contributed by atoms with E-state index < -0.39 is 0 Å². The first-order chi connectivity index (χ1) is 12.0. The van der Waals surface area contributed by atoms with Gasteiger partial charge in [0.15, 0.2) is 0 Å². The third-order valence-electron chi connectivity index (χ3n) is 4.41. The highest BCUT2D eigenvalue weighted by Crippen LogP contribution is 2.10. The second-order valence-corrected chi connectivity index (χ2v) is 6.57. The fourth-order valence-electron chi connectivity index (χ4n) is 2.83. The normalized spacial score (nSPS) is 15.4. The van der Waals surface area contributed by atoms with Crippen LogP contribution in [-0.4, -0.2) is 91.4 Å². The van der Waals surface area contributed by atoms with Crippen LogP contribution >= 0.6 is 0 Å². The van der Waals surface area contributed by atoms with Gasteiger partial charge in [-0.1, -0.05) is 6.92 Å². The summed E-state index contributed by atoms with van der Waals surface area (Å²) in [4.78, 5) is 35.2. The first kappa shape index (κ1) is 19.3. The summed E-state index contributed by atoms with van der Waals surface area (Å²) in [6.45, 7) is 7.88. The minimum absolute atomic E-state index is 0.0280. The molecule has 1 aromatic rings. The van der Waals surface area contributed by atoms with E-state index >= 15 is 0 Å². The van der Waals surface area contributed by atoms with Gasteiger partial charge in [0.25, 0.3) is 11.8 Å². The van der Waals surface area contributed by atoms with Crippen molar-refractivity contribution in [3.05, 3.63) is 29.6 Å². The summed E-state index contributed by atoms with van der Waals surface area (Å²) in [7, 11) is 4.00. The summed E-state index contributed by atoms with van der Waals surface area (Å²) < 4.78 is 0. The number of hydrogen-bond acceptors (Lipinski definition) is 5. The molecule has 1 N–H and O–H groups in total. The standard InChI is InChI=1S/C18H29N5O2/c1-4-22-10-12-23(13-11-22)18(25)15-6-8-19-16(14-15)17(24)20-7-5-9-21(2)3/h6,8,14H,4-5,7,9-13H2,1-3H3,(H,20,24). The van der Waals surface area contributed by atoms with E-state index in [2.05, 4.69) is 27.0 Å². The number of nitrogens with zero attached hydrogens (tertiary/aromatic N) is 4. The van der Waals surface area contributed by atoms with Crippen molar-refractivity contribution in [3.63, 3.8) is 0 Å². The summed E-state index contributed by atoms with van der Waals surface area (Å²) in [6.07, 6.45) is 2.41. The zero-order chi connectivity index (χ0) is 18.2. The van der Waals surface area contributed by atoms with Crippen molar-refractivity contribution in [2.45, 2.75) is 13.3 Å². The van der Waals surface area contributed by atoms with Crippen LogP contribution in [0.25, 0.3) is 0 Å². The molecule has 1 fully saturated rings. The largest absolute Gasteiger partial charge is 0.351 e. The first-order valence-electron chi connectivity index (χ1n) is 8.92. The maximum Gasteiger partial charge on any atom is 0.269 e. The number of pyridine rings is 1. The molecule has 1 aliphatic rings. The Morgan fingerprint density at radius 2 is 1.96 bits per heavy atom. The van der Waals surface area contributed by atoms with E-state index in [0.29, 0.717) is 17.8 Å². The molecular formula is C18H29N5O2. The minimum atomic E-state index is -0.232. The smallest absolute Gasteiger partial charge is 0.269 e. The lowest BCUT2D eigenvalue weighted by molar-refractivity contribution is 0.0643. The van der Waals surface area contributed by atoms with Crippen LogP contribution < -0.4 is 5.32 Å². The van der Waals surface area contributed by atoms with Crippen molar-refractivity contribution < 1.29 is 9.59 Å². The molecule has 0 saturated carbocycles. The van der Waals surface area contributed by atoms with E-state index in [1.807, 2.05) is 19.0 Å². The maximum atomic E-state index is 12.6. The lowest BCUT2D eigenvalue weighted by atomic mass is 10.1. The van der Waals surface area contributed by atoms with E-state index in [-0.39, 0.29) is 11.8 Å². The van der Waals surface area contributed by atoms with E-state index in [9.17, 15) is 9.59 Å². The van der Waals surface area contributed by atoms with Crippen molar-refractivity contribution in [3.8, 4) is 0 Å². The highest BCUT2D eigenvalue weighted by molar-refractivity contribution is 5.98. The van der Waals surface area contributed by atoms with Gasteiger partial charge in [-0.25, -0.2) is 0 Å². The van der Waals surface area contributed by atoms with Gasteiger partial charge in [0, 0.05) is 44.5 Å². The van der Waals surface area contributed by atoms with Crippen LogP contribution in [0.5, 0.6) is 0 Å². The van der Waals surface area contributed by atoms with Crippen molar-refractivity contribution in [1.82, 2.24) is 25.0 Å². The number of amides is 2. The average molecular weight is 347 g/mol. The average Bonchev–Trinajstić information content (AvgIpc) is 2.64. The van der Waals surface area contributed by atoms with Crippen molar-refractivity contribution in [2.24, 2.45) is 0 Å². The molecule has 0 spiro atoms. The predicted molar refractivity (Wildman–Crippen MR) is 97.8 cm³/mol. The summed E-state index contributed by atoms with van der Waals surface area (Å²) >= 11 is 0. The van der Waals surface area contributed by atoms with Gasteiger partial charge in [-0.2, -0.15) is 0 Å². The Hall–Kier alpha value is -1.99. The monoisotopic (exact) mass is 347 g/mol. The third kappa shape index (κ3) is 5.79. The van der Waals surface area contributed by atoms with Crippen molar-refractivity contribution in [1.29, 1.82) is 0 Å². The van der Waals surface area contributed by atoms with E-state index in [1.165, 1.54) is 6.20 Å². The molecule has 1 saturated heterocycles. The van der Waals surface area contributed by atoms with Gasteiger partial charge in [0.2, 0.25) is 0 Å². The lowest BCUT2D eigenvalue weighted by Crippen LogP contribution is -2.48. The van der Waals surface area contributed by atoms with Crippen LogP contribution in [0.3, 0.4) is 0 Å². The molecule has 0 radical (unpaired) electrons. The Labute approximate surface area is 150 Å². The molecule has 0 aliphatic carbocycles. The van der Waals surface area contributed by atoms with E-state index in [0.717, 1.165) is 45.7 Å². The molecule has 0 atom stereocenters. The second kappa shape index (κ2) is 9.48. The third-order valence-corrected chi connectivity index (χ3v) is 4.41. The van der Waals surface area contributed by atoms with Gasteiger partial charge < -0.3 is 20.0 Å². The maximum absolute atomic E-state index is 12.6. The van der Waals surface area contributed by atoms with Crippen LogP contribution in [0.15, 0.2) is 18.3 Å². The number of aromatic nitrogens is 1. The van der Waals surface area contributed by atoms with Crippen LogP contribution in [-0.2, 0) is 0 Å². The highest BCUT2D eigenvalue weighted by atomic mass is 16.2. The van der Waals surface area contributed by atoms with E-state index in [1.54, 1.807) is 12.1 Å². The zero-order valence-electron chi connectivity index (χ0n) is 15.5. The molecule has 1 aliphatic heterocycles. The molecule has 2 rings (SSSR count). The van der Waals surface area contributed by atoms with Gasteiger partial charge in [-0.3, -0.25) is 14.6 Å². The Morgan fingerprint density at radius 3 is 2.60 bits per heavy atom. The number of piperazine rings is 1. The summed E-state index contributed by atoms with van der Waals surface area (Å²) in [5, 5.41) is 2.85. The van der Waals surface area contributed by atoms with Gasteiger partial charge >= 0.3 is 0 Å². The highest BCUT2D eigenvalue weighted by Gasteiger charge is 2.22. The van der Waals surface area contributed by atoms with E-state index in [4.69, 9.17) is 0 Å². The topological polar surface area (TPSA) is 68.8 Å². The quantitative estimate of drug-likeness (QED) is 0.729. The molecule has 0 unspecified atom stereocenters. The number of hydrogen-bond donors (Lipinski definition) is 1. The number of nitrogens with one attached hydrogen (secondary N) is 1. The van der Waals surface area contributed by atoms with Gasteiger partial charge in [-0.15, -0.1) is 0 Å². The number of rotatable bonds is 7. The Morgan fingerprint density at radius 1 is 1.24 bits per heavy atom. The fraction of sp³-hybridized carbons (Fsp3) is 0.611. The Balaban J connectivity index is 1.91. The number of carbonyl (C=O) groups excluding carboxylic acids is 2. The second-order valence-electron chi connectivity index (χ2n) is 6.57. The molecule has 7 heteroatoms. The fourth-order valence-corrected chi connectivity index (χ4v) is 2.83. The first-order valence-corrected chi connectivity index (χ1v) is 8.92. The summed E-state index contributed by atoms with van der Waals surface area (Å²) in [5.74, 6) is -0.260. The molecule has 1 aromatic heterocycles. The molecule has 0 bridgehead atoms. The summed E-state index contributed by atoms with van der Waals surface area (Å²) in [5.41, 5.74) is 0.821. The SMILES string of the molecule is CCN1CCN(C(=O)c2ccnc(C(=O)NCCCN(C)C)c2)CC1. The minimum Gasteiger partial charge on any atom is -0.351 e. The molecule has 25 heavy (non-hydrogen) atoms. The Bertz CT molecular complexity index is 583. The molecule has 2 amide bonds. The zero-order valence-corrected chi connectivity index (χ0v) is 15.5. The van der Waals surface area contributed by atoms with Gasteiger partial charge in [0.1, 0.15) is 5.69 Å². The van der Waals surface area contributed by atoms with Crippen LogP contribution in [0.1, 0.15) is 34.2 Å². The van der Waals surface area contributed by atoms with Gasteiger partial charge in [-0.05, 0) is 45.7 Å². The van der Waals surface area contributed by atoms with Crippen LogP contribution in [0.4, 0.5) is 0 Å². The molecule has 2 heterocycles. The lowest BCUT2D eigenvalue weighted by Gasteiger charge is -2.34. The summed E-state index contributed by atoms with van der Waals surface area (Å²) in [6, 6.07) is 3.27. The Kier molecular flexibility index (Phi) is 7.33. The number of carbonyl (C=O) groups is 2. The molecule has 138 valence electrons. The van der Waals surface area contributed by atoms with Gasteiger partial charge in [0.05, 0.1) is 0 Å². The molecule has 0 aromatic carbocycles. The van der Waals surface area contributed by atoms with Crippen LogP contribution in [0, 0.1) is 0 Å². The number of likely N-dealkylation sites (N-methyl/N-ethyl adjacent to an activating group) is 1. The van der Waals surface area contributed by atoms with Crippen molar-refractivity contribution in [2.75, 3.05) is 59.9 Å². The van der Waals surface area contributed by atoms with Crippen molar-refractivity contribution >= 4 is 11.8 Å². The van der Waals surface area contributed by atoms with Crippen LogP contribution in [0.2, 0.25) is 0 Å². The predicted octanol–water partition coefficient (Wildman–Crippen LogP) is 0.541. The molecular weight excluding hydrogens is 318 g/mol. The molecule has 7 nitrogen and oxygen atoms in total.